The summed E-state index contributed by atoms with van der Waals surface area (Å²) in [5.74, 6) is 1.10. The third kappa shape index (κ3) is 5.92. The van der Waals surface area contributed by atoms with E-state index in [-0.39, 0.29) is 17.3 Å². The lowest BCUT2D eigenvalue weighted by atomic mass is 10.2. The van der Waals surface area contributed by atoms with Crippen LogP contribution in [0.5, 0.6) is 5.75 Å². The zero-order valence-corrected chi connectivity index (χ0v) is 19.4. The molecule has 0 aliphatic carbocycles. The normalized spacial score (nSPS) is 13.7. The number of aryl methyl sites for hydroxylation is 1. The van der Waals surface area contributed by atoms with E-state index in [1.807, 2.05) is 18.2 Å². The summed E-state index contributed by atoms with van der Waals surface area (Å²) in [6.45, 7) is 5.23. The number of carbonyl (C=O) groups is 1. The molecule has 0 saturated carbocycles. The van der Waals surface area contributed by atoms with Gasteiger partial charge < -0.3 is 19.9 Å². The summed E-state index contributed by atoms with van der Waals surface area (Å²) in [5.41, 5.74) is 2.16. The Balaban J connectivity index is 1.30. The Labute approximate surface area is 197 Å². The van der Waals surface area contributed by atoms with Gasteiger partial charge in [0.05, 0.1) is 18.6 Å². The first-order valence-electron chi connectivity index (χ1n) is 10.7. The summed E-state index contributed by atoms with van der Waals surface area (Å²) in [6, 6.07) is 14.7. The number of nitrogens with zero attached hydrogens (tertiary/aromatic N) is 4. The van der Waals surface area contributed by atoms with Crippen LogP contribution in [0.1, 0.15) is 5.56 Å². The number of halogens is 1. The molecule has 4 rings (SSSR count). The molecule has 2 aromatic carbocycles. The number of nitrogens with one attached hydrogen (secondary N) is 1. The van der Waals surface area contributed by atoms with Crippen molar-refractivity contribution >= 4 is 34.9 Å². The first-order chi connectivity index (χ1) is 16.0. The molecule has 1 aromatic heterocycles. The highest BCUT2D eigenvalue weighted by molar-refractivity contribution is 7.99. The van der Waals surface area contributed by atoms with Crippen molar-refractivity contribution in [1.29, 1.82) is 0 Å². The van der Waals surface area contributed by atoms with Gasteiger partial charge in [0.2, 0.25) is 5.91 Å². The first-order valence-corrected chi connectivity index (χ1v) is 11.6. The van der Waals surface area contributed by atoms with Crippen LogP contribution in [0, 0.1) is 12.7 Å². The molecule has 1 amide bonds. The number of piperazine rings is 1. The van der Waals surface area contributed by atoms with E-state index >= 15 is 0 Å². The topological polar surface area (TPSA) is 70.6 Å². The number of benzene rings is 2. The molecule has 0 radical (unpaired) electrons. The smallest absolute Gasteiger partial charge is 0.234 e. The fourth-order valence-corrected chi connectivity index (χ4v) is 4.28. The molecule has 1 aliphatic rings. The van der Waals surface area contributed by atoms with Crippen molar-refractivity contribution in [3.63, 3.8) is 0 Å². The van der Waals surface area contributed by atoms with E-state index in [4.69, 9.17) is 4.74 Å². The minimum atomic E-state index is -0.438. The Bertz CT molecular complexity index is 1100. The monoisotopic (exact) mass is 467 g/mol. The molecule has 1 fully saturated rings. The molecule has 7 nitrogen and oxygen atoms in total. The van der Waals surface area contributed by atoms with Gasteiger partial charge in [-0.15, -0.1) is 0 Å². The van der Waals surface area contributed by atoms with Crippen LogP contribution >= 0.6 is 11.8 Å². The fraction of sp³-hybridized carbons (Fsp3) is 0.292. The van der Waals surface area contributed by atoms with Gasteiger partial charge in [0.1, 0.15) is 28.7 Å². The SMILES string of the molecule is COc1ccc(N2CCN(c3cc(SCC(=O)Nc4ccc(C)cc4F)ncn3)CC2)cc1. The number of thioether (sulfide) groups is 1. The van der Waals surface area contributed by atoms with Crippen LogP contribution in [0.25, 0.3) is 0 Å². The van der Waals surface area contributed by atoms with E-state index in [2.05, 4.69) is 37.2 Å². The van der Waals surface area contributed by atoms with Gasteiger partial charge in [0.15, 0.2) is 0 Å². The van der Waals surface area contributed by atoms with Crippen molar-refractivity contribution in [1.82, 2.24) is 9.97 Å². The van der Waals surface area contributed by atoms with Crippen LogP contribution in [-0.2, 0) is 4.79 Å². The first kappa shape index (κ1) is 22.8. The molecule has 0 spiro atoms. The third-order valence-electron chi connectivity index (χ3n) is 5.42. The zero-order chi connectivity index (χ0) is 23.2. The minimum Gasteiger partial charge on any atom is -0.497 e. The highest BCUT2D eigenvalue weighted by atomic mass is 32.2. The summed E-state index contributed by atoms with van der Waals surface area (Å²) in [4.78, 5) is 25.5. The Morgan fingerprint density at radius 2 is 1.79 bits per heavy atom. The summed E-state index contributed by atoms with van der Waals surface area (Å²) >= 11 is 1.30. The number of ether oxygens (including phenoxy) is 1. The third-order valence-corrected chi connectivity index (χ3v) is 6.34. The molecule has 0 unspecified atom stereocenters. The second-order valence-electron chi connectivity index (χ2n) is 7.71. The Morgan fingerprint density at radius 3 is 2.48 bits per heavy atom. The van der Waals surface area contributed by atoms with E-state index < -0.39 is 5.82 Å². The lowest BCUT2D eigenvalue weighted by Crippen LogP contribution is -2.46. The highest BCUT2D eigenvalue weighted by Gasteiger charge is 2.19. The standard InChI is InChI=1S/C24H26FN5O2S/c1-17-3-8-21(20(25)13-17)28-23(31)15-33-24-14-22(26-16-27-24)30-11-9-29(10-12-30)18-4-6-19(32-2)7-5-18/h3-8,13-14,16H,9-12,15H2,1-2H3,(H,28,31). The Hall–Kier alpha value is -3.33. The molecule has 2 heterocycles. The molecule has 3 aromatic rings. The lowest BCUT2D eigenvalue weighted by Gasteiger charge is -2.36. The van der Waals surface area contributed by atoms with Crippen LogP contribution in [0.15, 0.2) is 59.9 Å². The second-order valence-corrected chi connectivity index (χ2v) is 8.70. The molecule has 172 valence electrons. The highest BCUT2D eigenvalue weighted by Crippen LogP contribution is 2.24. The van der Waals surface area contributed by atoms with Gasteiger partial charge in [-0.05, 0) is 48.9 Å². The van der Waals surface area contributed by atoms with Crippen molar-refractivity contribution in [3.05, 3.63) is 66.2 Å². The van der Waals surface area contributed by atoms with Crippen LogP contribution < -0.4 is 19.9 Å². The average Bonchev–Trinajstić information content (AvgIpc) is 2.85. The summed E-state index contributed by atoms with van der Waals surface area (Å²) in [7, 11) is 1.66. The van der Waals surface area contributed by atoms with Gasteiger partial charge in [-0.2, -0.15) is 0 Å². The maximum absolute atomic E-state index is 13.9. The molecule has 9 heteroatoms. The maximum atomic E-state index is 13.9. The van der Waals surface area contributed by atoms with Gasteiger partial charge in [-0.1, -0.05) is 17.8 Å². The minimum absolute atomic E-state index is 0.134. The van der Waals surface area contributed by atoms with E-state index in [1.54, 1.807) is 26.2 Å². The molecular formula is C24H26FN5O2S. The van der Waals surface area contributed by atoms with Crippen molar-refractivity contribution in [2.24, 2.45) is 0 Å². The second kappa shape index (κ2) is 10.5. The number of rotatable bonds is 7. The lowest BCUT2D eigenvalue weighted by molar-refractivity contribution is -0.113. The van der Waals surface area contributed by atoms with Gasteiger partial charge in [0, 0.05) is 37.9 Å². The average molecular weight is 468 g/mol. The Morgan fingerprint density at radius 1 is 1.06 bits per heavy atom. The predicted molar refractivity (Wildman–Crippen MR) is 130 cm³/mol. The van der Waals surface area contributed by atoms with E-state index in [0.29, 0.717) is 5.03 Å². The van der Waals surface area contributed by atoms with Gasteiger partial charge >= 0.3 is 0 Å². The number of aromatic nitrogens is 2. The summed E-state index contributed by atoms with van der Waals surface area (Å²) in [6.07, 6.45) is 1.52. The molecule has 0 atom stereocenters. The predicted octanol–water partition coefficient (Wildman–Crippen LogP) is 3.99. The molecule has 33 heavy (non-hydrogen) atoms. The number of hydrogen-bond donors (Lipinski definition) is 1. The summed E-state index contributed by atoms with van der Waals surface area (Å²) < 4.78 is 19.2. The van der Waals surface area contributed by atoms with Crippen molar-refractivity contribution in [2.45, 2.75) is 11.9 Å². The molecule has 1 N–H and O–H groups in total. The van der Waals surface area contributed by atoms with Gasteiger partial charge in [-0.3, -0.25) is 4.79 Å². The van der Waals surface area contributed by atoms with Gasteiger partial charge in [-0.25, -0.2) is 14.4 Å². The van der Waals surface area contributed by atoms with Crippen LogP contribution in [0.3, 0.4) is 0 Å². The molecule has 1 saturated heterocycles. The van der Waals surface area contributed by atoms with Crippen molar-refractivity contribution < 1.29 is 13.9 Å². The van der Waals surface area contributed by atoms with E-state index in [1.165, 1.54) is 29.8 Å². The number of amides is 1. The quantitative estimate of drug-likeness (QED) is 0.416. The number of hydrogen-bond acceptors (Lipinski definition) is 7. The fourth-order valence-electron chi connectivity index (χ4n) is 3.62. The van der Waals surface area contributed by atoms with Crippen LogP contribution in [-0.4, -0.2) is 54.9 Å². The van der Waals surface area contributed by atoms with E-state index in [9.17, 15) is 9.18 Å². The number of carbonyl (C=O) groups excluding carboxylic acids is 1. The largest absolute Gasteiger partial charge is 0.497 e. The van der Waals surface area contributed by atoms with Crippen LogP contribution in [0.4, 0.5) is 21.6 Å². The van der Waals surface area contributed by atoms with Crippen LogP contribution in [0.2, 0.25) is 0 Å². The van der Waals surface area contributed by atoms with E-state index in [0.717, 1.165) is 43.3 Å². The molecule has 0 bridgehead atoms. The Kier molecular flexibility index (Phi) is 7.29. The zero-order valence-electron chi connectivity index (χ0n) is 18.6. The maximum Gasteiger partial charge on any atom is 0.234 e. The molecule has 1 aliphatic heterocycles. The van der Waals surface area contributed by atoms with Gasteiger partial charge in [0.25, 0.3) is 0 Å². The molecular weight excluding hydrogens is 441 g/mol. The number of anilines is 3. The summed E-state index contributed by atoms with van der Waals surface area (Å²) in [5, 5.41) is 3.32. The van der Waals surface area contributed by atoms with Crippen molar-refractivity contribution in [2.75, 3.05) is 54.2 Å². The number of methoxy groups -OCH3 is 1. The van der Waals surface area contributed by atoms with Crippen molar-refractivity contribution in [3.8, 4) is 5.75 Å².